The third-order valence-electron chi connectivity index (χ3n) is 5.41. The van der Waals surface area contributed by atoms with Gasteiger partial charge in [-0.15, -0.1) is 0 Å². The number of aliphatic hydroxyl groups is 1. The number of ether oxygens (including phenoxy) is 1. The highest BCUT2D eigenvalue weighted by Crippen LogP contribution is 2.31. The van der Waals surface area contributed by atoms with Gasteiger partial charge in [-0.05, 0) is 55.8 Å². The number of phenolic OH excluding ortho intramolecular Hbond substituents is 1. The zero-order valence-electron chi connectivity index (χ0n) is 16.1. The number of benzene rings is 1. The Balaban J connectivity index is 1.50. The summed E-state index contributed by atoms with van der Waals surface area (Å²) < 4.78 is 5.16. The van der Waals surface area contributed by atoms with E-state index in [0.717, 1.165) is 50.9 Å². The topological polar surface area (TPSA) is 85.3 Å². The van der Waals surface area contributed by atoms with Gasteiger partial charge in [-0.3, -0.25) is 0 Å². The van der Waals surface area contributed by atoms with E-state index in [0.29, 0.717) is 30.8 Å². The molecule has 1 heterocycles. The van der Waals surface area contributed by atoms with Crippen LogP contribution in [0.25, 0.3) is 0 Å². The van der Waals surface area contributed by atoms with Crippen LogP contribution in [0.15, 0.2) is 18.2 Å². The number of nitrogens with one attached hydrogen (secondary N) is 1. The molecular weight excluding hydrogens is 346 g/mol. The van der Waals surface area contributed by atoms with E-state index < -0.39 is 0 Å². The Morgan fingerprint density at radius 1 is 1.37 bits per heavy atom. The van der Waals surface area contributed by atoms with Gasteiger partial charge in [0.25, 0.3) is 0 Å². The fraction of sp³-hybridized carbons (Fsp3) is 0.650. The van der Waals surface area contributed by atoms with Crippen LogP contribution in [0.1, 0.15) is 31.2 Å². The molecule has 2 aliphatic rings. The predicted molar refractivity (Wildman–Crippen MR) is 103 cm³/mol. The number of urea groups is 1. The average Bonchev–Trinajstić information content (AvgIpc) is 3.52. The summed E-state index contributed by atoms with van der Waals surface area (Å²) in [6, 6.07) is 5.45. The largest absolute Gasteiger partial charge is 0.504 e. The number of amides is 2. The number of hydrogen-bond acceptors (Lipinski definition) is 5. The number of nitrogens with zero attached hydrogens (tertiary/aromatic N) is 2. The molecule has 1 aromatic rings. The number of hydrogen-bond donors (Lipinski definition) is 3. The van der Waals surface area contributed by atoms with Crippen LogP contribution in [0, 0.1) is 5.92 Å². The quantitative estimate of drug-likeness (QED) is 0.643. The molecule has 150 valence electrons. The molecule has 3 rings (SSSR count). The smallest absolute Gasteiger partial charge is 0.317 e. The fourth-order valence-corrected chi connectivity index (χ4v) is 3.70. The minimum atomic E-state index is -0.0414. The Hall–Kier alpha value is -1.99. The van der Waals surface area contributed by atoms with Crippen molar-refractivity contribution in [3.8, 4) is 11.5 Å². The van der Waals surface area contributed by atoms with Crippen LogP contribution < -0.4 is 10.1 Å². The monoisotopic (exact) mass is 377 g/mol. The number of piperidine rings is 1. The van der Waals surface area contributed by atoms with Crippen LogP contribution >= 0.6 is 0 Å². The van der Waals surface area contributed by atoms with Gasteiger partial charge in [-0.1, -0.05) is 6.07 Å². The molecule has 1 aliphatic carbocycles. The third-order valence-corrected chi connectivity index (χ3v) is 5.41. The second-order valence-corrected chi connectivity index (χ2v) is 7.59. The average molecular weight is 377 g/mol. The van der Waals surface area contributed by atoms with E-state index in [-0.39, 0.29) is 18.4 Å². The lowest BCUT2D eigenvalue weighted by atomic mass is 9.99. The van der Waals surface area contributed by atoms with E-state index in [9.17, 15) is 15.0 Å². The summed E-state index contributed by atoms with van der Waals surface area (Å²) in [6.07, 6.45) is 4.26. The van der Waals surface area contributed by atoms with E-state index in [2.05, 4.69) is 10.2 Å². The molecule has 3 N–H and O–H groups in total. The zero-order valence-corrected chi connectivity index (χ0v) is 16.1. The van der Waals surface area contributed by atoms with Crippen molar-refractivity contribution in [1.82, 2.24) is 15.1 Å². The van der Waals surface area contributed by atoms with Gasteiger partial charge in [0, 0.05) is 38.8 Å². The van der Waals surface area contributed by atoms with Gasteiger partial charge >= 0.3 is 6.03 Å². The maximum Gasteiger partial charge on any atom is 0.317 e. The molecule has 1 atom stereocenters. The van der Waals surface area contributed by atoms with Crippen molar-refractivity contribution in [2.75, 3.05) is 39.9 Å². The van der Waals surface area contributed by atoms with Crippen molar-refractivity contribution >= 4 is 6.03 Å². The molecule has 0 aromatic heterocycles. The summed E-state index contributed by atoms with van der Waals surface area (Å²) in [7, 11) is 1.52. The van der Waals surface area contributed by atoms with E-state index in [1.807, 2.05) is 11.0 Å². The van der Waals surface area contributed by atoms with Crippen molar-refractivity contribution in [2.24, 2.45) is 5.92 Å². The van der Waals surface area contributed by atoms with Crippen LogP contribution in [0.3, 0.4) is 0 Å². The fourth-order valence-electron chi connectivity index (χ4n) is 3.70. The SMILES string of the molecule is COc1cc(CN(C(=O)NCCN2CCC[C@H](CO)C2)C2CC2)ccc1O. The Bertz CT molecular complexity index is 636. The lowest BCUT2D eigenvalue weighted by molar-refractivity contribution is 0.120. The molecule has 0 spiro atoms. The molecule has 0 radical (unpaired) electrons. The van der Waals surface area contributed by atoms with Crippen molar-refractivity contribution in [2.45, 2.75) is 38.3 Å². The number of phenols is 1. The lowest BCUT2D eigenvalue weighted by Gasteiger charge is -2.32. The van der Waals surface area contributed by atoms with Crippen LogP contribution in [-0.4, -0.2) is 72.0 Å². The Morgan fingerprint density at radius 3 is 2.89 bits per heavy atom. The molecular formula is C20H31N3O4. The number of rotatable bonds is 8. The molecule has 7 heteroatoms. The van der Waals surface area contributed by atoms with Gasteiger partial charge in [0.2, 0.25) is 0 Å². The highest BCUT2D eigenvalue weighted by Gasteiger charge is 2.32. The van der Waals surface area contributed by atoms with Crippen LogP contribution in [0.2, 0.25) is 0 Å². The third kappa shape index (κ3) is 5.49. The molecule has 0 bridgehead atoms. The van der Waals surface area contributed by atoms with E-state index in [4.69, 9.17) is 4.74 Å². The first-order chi connectivity index (χ1) is 13.1. The summed E-state index contributed by atoms with van der Waals surface area (Å²) in [5.74, 6) is 0.889. The first-order valence-corrected chi connectivity index (χ1v) is 9.84. The van der Waals surface area contributed by atoms with Gasteiger partial charge in [0.15, 0.2) is 11.5 Å². The second kappa shape index (κ2) is 9.28. The molecule has 27 heavy (non-hydrogen) atoms. The Kier molecular flexibility index (Phi) is 6.79. The van der Waals surface area contributed by atoms with E-state index in [1.54, 1.807) is 12.1 Å². The van der Waals surface area contributed by atoms with Crippen molar-refractivity contribution < 1.29 is 19.7 Å². The van der Waals surface area contributed by atoms with Gasteiger partial charge < -0.3 is 30.1 Å². The van der Waals surface area contributed by atoms with Crippen molar-refractivity contribution in [3.05, 3.63) is 23.8 Å². The predicted octanol–water partition coefficient (Wildman–Crippen LogP) is 1.78. The van der Waals surface area contributed by atoms with Gasteiger partial charge in [0.1, 0.15) is 0 Å². The van der Waals surface area contributed by atoms with E-state index >= 15 is 0 Å². The minimum absolute atomic E-state index is 0.0414. The summed E-state index contributed by atoms with van der Waals surface area (Å²) >= 11 is 0. The van der Waals surface area contributed by atoms with Crippen molar-refractivity contribution in [3.63, 3.8) is 0 Å². The molecule has 0 unspecified atom stereocenters. The first-order valence-electron chi connectivity index (χ1n) is 9.84. The number of carbonyl (C=O) groups excluding carboxylic acids is 1. The first kappa shape index (κ1) is 19.8. The number of aromatic hydroxyl groups is 1. The Labute approximate surface area is 160 Å². The summed E-state index contributed by atoms with van der Waals surface area (Å²) in [6.45, 7) is 4.11. The number of likely N-dealkylation sites (tertiary alicyclic amines) is 1. The maximum absolute atomic E-state index is 12.7. The van der Waals surface area contributed by atoms with Gasteiger partial charge in [0.05, 0.1) is 7.11 Å². The molecule has 1 aromatic carbocycles. The normalized spacial score (nSPS) is 20.3. The van der Waals surface area contributed by atoms with Crippen LogP contribution in [-0.2, 0) is 6.54 Å². The minimum Gasteiger partial charge on any atom is -0.504 e. The lowest BCUT2D eigenvalue weighted by Crippen LogP contribution is -2.45. The van der Waals surface area contributed by atoms with Crippen LogP contribution in [0.5, 0.6) is 11.5 Å². The standard InChI is InChI=1S/C20H31N3O4/c1-27-19-11-15(4-7-18(19)25)13-23(17-5-6-17)20(26)21-8-10-22-9-2-3-16(12-22)14-24/h4,7,11,16-17,24-25H,2-3,5-6,8-10,12-14H2,1H3,(H,21,26)/t16-/m0/s1. The highest BCUT2D eigenvalue weighted by atomic mass is 16.5. The highest BCUT2D eigenvalue weighted by molar-refractivity contribution is 5.75. The summed E-state index contributed by atoms with van der Waals surface area (Å²) in [4.78, 5) is 16.9. The number of carbonyl (C=O) groups is 1. The Morgan fingerprint density at radius 2 is 2.19 bits per heavy atom. The van der Waals surface area contributed by atoms with E-state index in [1.165, 1.54) is 7.11 Å². The number of aliphatic hydroxyl groups excluding tert-OH is 1. The van der Waals surface area contributed by atoms with Gasteiger partial charge in [-0.2, -0.15) is 0 Å². The second-order valence-electron chi connectivity index (χ2n) is 7.59. The summed E-state index contributed by atoms with van der Waals surface area (Å²) in [5, 5.41) is 22.1. The zero-order chi connectivity index (χ0) is 19.2. The molecule has 1 saturated heterocycles. The van der Waals surface area contributed by atoms with Crippen LogP contribution in [0.4, 0.5) is 4.79 Å². The molecule has 7 nitrogen and oxygen atoms in total. The maximum atomic E-state index is 12.7. The molecule has 2 amide bonds. The summed E-state index contributed by atoms with van der Waals surface area (Å²) in [5.41, 5.74) is 0.938. The molecule has 1 saturated carbocycles. The molecule has 2 fully saturated rings. The number of methoxy groups -OCH3 is 1. The van der Waals surface area contributed by atoms with Gasteiger partial charge in [-0.25, -0.2) is 4.79 Å². The van der Waals surface area contributed by atoms with Crippen molar-refractivity contribution in [1.29, 1.82) is 0 Å². The molecule has 1 aliphatic heterocycles.